The Labute approximate surface area is 106 Å². The van der Waals surface area contributed by atoms with Crippen molar-refractivity contribution in [3.8, 4) is 0 Å². The molecule has 5 nitrogen and oxygen atoms in total. The number of hydrogen-bond donors (Lipinski definition) is 1. The van der Waals surface area contributed by atoms with Crippen molar-refractivity contribution >= 4 is 0 Å². The fourth-order valence-corrected chi connectivity index (χ4v) is 2.23. The Morgan fingerprint density at radius 3 is 2.78 bits per heavy atom. The van der Waals surface area contributed by atoms with E-state index in [-0.39, 0.29) is 12.1 Å². The molecule has 0 saturated heterocycles. The van der Waals surface area contributed by atoms with Gasteiger partial charge in [-0.25, -0.2) is 0 Å². The van der Waals surface area contributed by atoms with Crippen molar-refractivity contribution in [2.45, 2.75) is 44.1 Å². The number of benzene rings is 1. The molecule has 0 unspecified atom stereocenters. The monoisotopic (exact) mass is 247 g/mol. The first-order valence-corrected chi connectivity index (χ1v) is 6.17. The van der Waals surface area contributed by atoms with Crippen LogP contribution in [0.4, 0.5) is 0 Å². The number of ether oxygens (including phenoxy) is 1. The molecule has 0 aromatic heterocycles. The average Bonchev–Trinajstić information content (AvgIpc) is 2.41. The molecule has 0 amide bonds. The van der Waals surface area contributed by atoms with Crippen LogP contribution in [-0.4, -0.2) is 23.4 Å². The molecule has 1 aliphatic carbocycles. The smallest absolute Gasteiger partial charge is 0.0720 e. The highest BCUT2D eigenvalue weighted by atomic mass is 16.5. The maximum Gasteiger partial charge on any atom is 0.0720 e. The van der Waals surface area contributed by atoms with Gasteiger partial charge in [-0.3, -0.25) is 0 Å². The Morgan fingerprint density at radius 2 is 2.11 bits per heavy atom. The van der Waals surface area contributed by atoms with Crippen LogP contribution < -0.4 is 0 Å². The Kier molecular flexibility index (Phi) is 4.59. The minimum Gasteiger partial charge on any atom is -0.393 e. The fourth-order valence-electron chi connectivity index (χ4n) is 2.23. The lowest BCUT2D eigenvalue weighted by Crippen LogP contribution is -2.35. The summed E-state index contributed by atoms with van der Waals surface area (Å²) >= 11 is 0. The van der Waals surface area contributed by atoms with Crippen LogP contribution in [0, 0.1) is 0 Å². The summed E-state index contributed by atoms with van der Waals surface area (Å²) in [5.41, 5.74) is 9.50. The molecule has 0 spiro atoms. The summed E-state index contributed by atoms with van der Waals surface area (Å²) in [5.74, 6) is 0. The van der Waals surface area contributed by atoms with Crippen LogP contribution in [0.3, 0.4) is 0 Å². The van der Waals surface area contributed by atoms with Crippen molar-refractivity contribution in [1.82, 2.24) is 0 Å². The maximum atomic E-state index is 9.82. The Balaban J connectivity index is 1.81. The van der Waals surface area contributed by atoms with E-state index in [2.05, 4.69) is 10.0 Å². The molecular formula is C13H17N3O2. The summed E-state index contributed by atoms with van der Waals surface area (Å²) in [5, 5.41) is 13.4. The molecule has 0 bridgehead atoms. The highest BCUT2D eigenvalue weighted by molar-refractivity contribution is 5.13. The van der Waals surface area contributed by atoms with Crippen molar-refractivity contribution in [2.24, 2.45) is 5.11 Å². The molecule has 1 fully saturated rings. The Hall–Kier alpha value is -1.55. The maximum absolute atomic E-state index is 9.82. The van der Waals surface area contributed by atoms with Gasteiger partial charge in [-0.15, -0.1) is 0 Å². The van der Waals surface area contributed by atoms with Crippen molar-refractivity contribution < 1.29 is 9.84 Å². The lowest BCUT2D eigenvalue weighted by molar-refractivity contribution is -0.0299. The third-order valence-corrected chi connectivity index (χ3v) is 3.26. The molecule has 1 aliphatic rings. The van der Waals surface area contributed by atoms with Gasteiger partial charge in [-0.2, -0.15) is 0 Å². The third kappa shape index (κ3) is 3.47. The van der Waals surface area contributed by atoms with Crippen LogP contribution >= 0.6 is 0 Å². The molecule has 2 rings (SSSR count). The van der Waals surface area contributed by atoms with Gasteiger partial charge in [0.2, 0.25) is 0 Å². The topological polar surface area (TPSA) is 78.2 Å². The van der Waals surface area contributed by atoms with E-state index in [1.165, 1.54) is 0 Å². The predicted molar refractivity (Wildman–Crippen MR) is 67.8 cm³/mol. The van der Waals surface area contributed by atoms with Gasteiger partial charge in [0.1, 0.15) is 0 Å². The van der Waals surface area contributed by atoms with E-state index in [4.69, 9.17) is 10.3 Å². The fraction of sp³-hybridized carbons (Fsp3) is 0.538. The molecule has 1 saturated carbocycles. The van der Waals surface area contributed by atoms with Gasteiger partial charge in [0.25, 0.3) is 0 Å². The quantitative estimate of drug-likeness (QED) is 0.504. The van der Waals surface area contributed by atoms with Crippen molar-refractivity contribution in [2.75, 3.05) is 0 Å². The zero-order valence-electron chi connectivity index (χ0n) is 10.1. The second kappa shape index (κ2) is 6.40. The summed E-state index contributed by atoms with van der Waals surface area (Å²) < 4.78 is 5.77. The summed E-state index contributed by atoms with van der Waals surface area (Å²) in [7, 11) is 0. The standard InChI is InChI=1S/C13H17N3O2/c14-16-15-12-7-6-11(8-13(12)17)18-9-10-4-2-1-3-5-10/h1-5,11-13,17H,6-9H2/t11-,12-,13-/m1/s1. The molecule has 0 aliphatic heterocycles. The molecule has 0 radical (unpaired) electrons. The highest BCUT2D eigenvalue weighted by Crippen LogP contribution is 2.24. The average molecular weight is 247 g/mol. The van der Waals surface area contributed by atoms with E-state index in [0.717, 1.165) is 12.0 Å². The number of rotatable bonds is 4. The van der Waals surface area contributed by atoms with Crippen LogP contribution in [0.25, 0.3) is 10.4 Å². The van der Waals surface area contributed by atoms with E-state index in [1.807, 2.05) is 30.3 Å². The van der Waals surface area contributed by atoms with E-state index in [1.54, 1.807) is 0 Å². The van der Waals surface area contributed by atoms with Crippen molar-refractivity contribution in [3.05, 3.63) is 46.3 Å². The SMILES string of the molecule is [N-]=[N+]=N[C@@H]1CC[C@@H](OCc2ccccc2)C[C@H]1O. The van der Waals surface area contributed by atoms with E-state index >= 15 is 0 Å². The van der Waals surface area contributed by atoms with Gasteiger partial charge < -0.3 is 9.84 Å². The second-order valence-electron chi connectivity index (χ2n) is 4.57. The van der Waals surface area contributed by atoms with Gasteiger partial charge in [-0.05, 0) is 30.4 Å². The zero-order chi connectivity index (χ0) is 12.8. The second-order valence-corrected chi connectivity index (χ2v) is 4.57. The normalized spacial score (nSPS) is 27.5. The number of hydrogen-bond acceptors (Lipinski definition) is 3. The van der Waals surface area contributed by atoms with Gasteiger partial charge in [0, 0.05) is 4.91 Å². The first kappa shape index (κ1) is 12.9. The van der Waals surface area contributed by atoms with E-state index < -0.39 is 6.10 Å². The van der Waals surface area contributed by atoms with Crippen LogP contribution in [0.15, 0.2) is 35.4 Å². The summed E-state index contributed by atoms with van der Waals surface area (Å²) in [4.78, 5) is 2.75. The number of azide groups is 1. The summed E-state index contributed by atoms with van der Waals surface area (Å²) in [6.07, 6.45) is 1.51. The first-order valence-electron chi connectivity index (χ1n) is 6.17. The predicted octanol–water partition coefficient (Wildman–Crippen LogP) is 2.80. The number of nitrogens with zero attached hydrogens (tertiary/aromatic N) is 3. The molecule has 96 valence electrons. The number of aliphatic hydroxyl groups is 1. The Morgan fingerprint density at radius 1 is 1.33 bits per heavy atom. The molecule has 1 N–H and O–H groups in total. The molecule has 1 aromatic carbocycles. The van der Waals surface area contributed by atoms with Crippen LogP contribution in [0.5, 0.6) is 0 Å². The molecule has 18 heavy (non-hydrogen) atoms. The zero-order valence-corrected chi connectivity index (χ0v) is 10.1. The summed E-state index contributed by atoms with van der Waals surface area (Å²) in [6.45, 7) is 0.560. The van der Waals surface area contributed by atoms with Crippen LogP contribution in [-0.2, 0) is 11.3 Å². The van der Waals surface area contributed by atoms with Crippen molar-refractivity contribution in [1.29, 1.82) is 0 Å². The third-order valence-electron chi connectivity index (χ3n) is 3.26. The van der Waals surface area contributed by atoms with Crippen molar-refractivity contribution in [3.63, 3.8) is 0 Å². The van der Waals surface area contributed by atoms with E-state index in [9.17, 15) is 5.11 Å². The minimum absolute atomic E-state index is 0.0466. The highest BCUT2D eigenvalue weighted by Gasteiger charge is 2.28. The number of aliphatic hydroxyl groups excluding tert-OH is 1. The largest absolute Gasteiger partial charge is 0.393 e. The van der Waals surface area contributed by atoms with E-state index in [0.29, 0.717) is 19.4 Å². The minimum atomic E-state index is -0.588. The summed E-state index contributed by atoms with van der Waals surface area (Å²) in [6, 6.07) is 9.66. The van der Waals surface area contributed by atoms with Crippen LogP contribution in [0.1, 0.15) is 24.8 Å². The van der Waals surface area contributed by atoms with Gasteiger partial charge in [0.05, 0.1) is 24.9 Å². The van der Waals surface area contributed by atoms with Gasteiger partial charge in [-0.1, -0.05) is 35.4 Å². The molecule has 3 atom stereocenters. The van der Waals surface area contributed by atoms with Gasteiger partial charge >= 0.3 is 0 Å². The molecular weight excluding hydrogens is 230 g/mol. The molecule has 0 heterocycles. The lowest BCUT2D eigenvalue weighted by atomic mass is 9.91. The Bertz CT molecular complexity index is 418. The molecule has 5 heteroatoms. The first-order chi connectivity index (χ1) is 8.79. The lowest BCUT2D eigenvalue weighted by Gasteiger charge is -2.30. The van der Waals surface area contributed by atoms with Crippen LogP contribution in [0.2, 0.25) is 0 Å². The molecule has 1 aromatic rings. The van der Waals surface area contributed by atoms with Gasteiger partial charge in [0.15, 0.2) is 0 Å².